The van der Waals surface area contributed by atoms with Crippen molar-refractivity contribution in [2.75, 3.05) is 0 Å². The van der Waals surface area contributed by atoms with Crippen LogP contribution >= 0.6 is 0 Å². The van der Waals surface area contributed by atoms with Crippen molar-refractivity contribution >= 4 is 11.9 Å². The minimum Gasteiger partial charge on any atom is -0.352 e. The number of rotatable bonds is 5. The lowest BCUT2D eigenvalue weighted by molar-refractivity contribution is 0.0939. The normalized spacial score (nSPS) is 11.6. The van der Waals surface area contributed by atoms with Crippen molar-refractivity contribution < 1.29 is 9.59 Å². The number of carbonyl (C=O) groups is 2. The molecule has 0 aromatic heterocycles. The van der Waals surface area contributed by atoms with Gasteiger partial charge >= 0.3 is 6.03 Å². The first-order chi connectivity index (χ1) is 11.4. The summed E-state index contributed by atoms with van der Waals surface area (Å²) < 4.78 is 0. The zero-order valence-corrected chi connectivity index (χ0v) is 14.2. The van der Waals surface area contributed by atoms with E-state index in [2.05, 4.69) is 28.8 Å². The predicted octanol–water partition coefficient (Wildman–Crippen LogP) is 2.96. The Morgan fingerprint density at radius 3 is 2.38 bits per heavy atom. The quantitative estimate of drug-likeness (QED) is 0.789. The van der Waals surface area contributed by atoms with Crippen molar-refractivity contribution in [3.05, 3.63) is 70.3 Å². The number of amides is 3. The zero-order valence-electron chi connectivity index (χ0n) is 14.2. The highest BCUT2D eigenvalue weighted by molar-refractivity contribution is 5.94. The molecule has 126 valence electrons. The van der Waals surface area contributed by atoms with Crippen LogP contribution in [0.25, 0.3) is 0 Å². The topological polar surface area (TPSA) is 84.2 Å². The number of benzene rings is 2. The van der Waals surface area contributed by atoms with Gasteiger partial charge in [-0.25, -0.2) is 4.79 Å². The molecule has 3 amide bonds. The summed E-state index contributed by atoms with van der Waals surface area (Å²) in [5.74, 6) is -0.127. The fourth-order valence-electron chi connectivity index (χ4n) is 2.55. The molecule has 0 aliphatic rings. The number of nitrogens with one attached hydrogen (secondary N) is 2. The second-order valence-corrected chi connectivity index (χ2v) is 5.97. The summed E-state index contributed by atoms with van der Waals surface area (Å²) in [6.07, 6.45) is 0. The van der Waals surface area contributed by atoms with E-state index in [9.17, 15) is 9.59 Å². The van der Waals surface area contributed by atoms with Crippen molar-refractivity contribution in [1.82, 2.24) is 10.6 Å². The first-order valence-corrected chi connectivity index (χ1v) is 7.87. The van der Waals surface area contributed by atoms with E-state index in [0.29, 0.717) is 12.1 Å². The number of hydrogen-bond acceptors (Lipinski definition) is 2. The van der Waals surface area contributed by atoms with Gasteiger partial charge in [0.25, 0.3) is 5.91 Å². The van der Waals surface area contributed by atoms with Crippen LogP contribution in [0.15, 0.2) is 42.5 Å². The zero-order chi connectivity index (χ0) is 17.7. The molecule has 5 heteroatoms. The SMILES string of the molecule is Cc1ccc(C)c([C@@H](C)NC(=O)c2ccc(CNC(N)=O)cc2)c1. The third kappa shape index (κ3) is 4.59. The van der Waals surface area contributed by atoms with Crippen LogP contribution in [0.4, 0.5) is 4.79 Å². The number of primary amides is 1. The van der Waals surface area contributed by atoms with Gasteiger partial charge < -0.3 is 16.4 Å². The van der Waals surface area contributed by atoms with Gasteiger partial charge in [-0.05, 0) is 49.6 Å². The number of carbonyl (C=O) groups excluding carboxylic acids is 2. The van der Waals surface area contributed by atoms with Crippen LogP contribution in [0.3, 0.4) is 0 Å². The standard InChI is InChI=1S/C19H23N3O2/c1-12-4-5-13(2)17(10-12)14(3)22-18(23)16-8-6-15(7-9-16)11-21-19(20)24/h4-10,14H,11H2,1-3H3,(H,22,23)(H3,20,21,24)/t14-/m1/s1. The molecular formula is C19H23N3O2. The third-order valence-corrected chi connectivity index (χ3v) is 3.93. The van der Waals surface area contributed by atoms with E-state index in [0.717, 1.165) is 16.7 Å². The molecule has 0 saturated heterocycles. The van der Waals surface area contributed by atoms with Gasteiger partial charge in [-0.15, -0.1) is 0 Å². The Bertz CT molecular complexity index is 739. The molecule has 0 fully saturated rings. The minimum atomic E-state index is -0.570. The summed E-state index contributed by atoms with van der Waals surface area (Å²) >= 11 is 0. The molecule has 2 aromatic rings. The third-order valence-electron chi connectivity index (χ3n) is 3.93. The summed E-state index contributed by atoms with van der Waals surface area (Å²) in [5.41, 5.74) is 9.94. The number of aryl methyl sites for hydroxylation is 2. The number of urea groups is 1. The maximum absolute atomic E-state index is 12.4. The summed E-state index contributed by atoms with van der Waals surface area (Å²) in [6, 6.07) is 12.7. The van der Waals surface area contributed by atoms with Crippen molar-refractivity contribution in [3.8, 4) is 0 Å². The monoisotopic (exact) mass is 325 g/mol. The van der Waals surface area contributed by atoms with E-state index >= 15 is 0 Å². The lowest BCUT2D eigenvalue weighted by atomic mass is 9.99. The Morgan fingerprint density at radius 1 is 1.08 bits per heavy atom. The van der Waals surface area contributed by atoms with Gasteiger partial charge in [0.2, 0.25) is 0 Å². The maximum atomic E-state index is 12.4. The Hall–Kier alpha value is -2.82. The van der Waals surface area contributed by atoms with Crippen molar-refractivity contribution in [3.63, 3.8) is 0 Å². The molecule has 5 nitrogen and oxygen atoms in total. The van der Waals surface area contributed by atoms with E-state index in [-0.39, 0.29) is 11.9 Å². The molecule has 0 radical (unpaired) electrons. The predicted molar refractivity (Wildman–Crippen MR) is 94.7 cm³/mol. The van der Waals surface area contributed by atoms with E-state index in [1.165, 1.54) is 5.56 Å². The highest BCUT2D eigenvalue weighted by Crippen LogP contribution is 2.19. The second-order valence-electron chi connectivity index (χ2n) is 5.97. The molecule has 0 unspecified atom stereocenters. The van der Waals surface area contributed by atoms with E-state index in [4.69, 9.17) is 5.73 Å². The molecule has 0 aliphatic heterocycles. The van der Waals surface area contributed by atoms with Crippen LogP contribution in [0, 0.1) is 13.8 Å². The summed E-state index contributed by atoms with van der Waals surface area (Å²) in [7, 11) is 0. The molecule has 1 atom stereocenters. The van der Waals surface area contributed by atoms with Crippen LogP contribution in [0.5, 0.6) is 0 Å². The van der Waals surface area contributed by atoms with Crippen molar-refractivity contribution in [2.45, 2.75) is 33.4 Å². The van der Waals surface area contributed by atoms with Crippen LogP contribution in [0.2, 0.25) is 0 Å². The highest BCUT2D eigenvalue weighted by atomic mass is 16.2. The number of hydrogen-bond donors (Lipinski definition) is 3. The van der Waals surface area contributed by atoms with E-state index in [1.807, 2.05) is 20.8 Å². The fourth-order valence-corrected chi connectivity index (χ4v) is 2.55. The minimum absolute atomic E-state index is 0.0754. The molecule has 0 aliphatic carbocycles. The molecule has 0 saturated carbocycles. The van der Waals surface area contributed by atoms with Gasteiger partial charge in [0.1, 0.15) is 0 Å². The fraction of sp³-hybridized carbons (Fsp3) is 0.263. The van der Waals surface area contributed by atoms with Crippen molar-refractivity contribution in [1.29, 1.82) is 0 Å². The molecule has 4 N–H and O–H groups in total. The molecule has 0 bridgehead atoms. The highest BCUT2D eigenvalue weighted by Gasteiger charge is 2.13. The van der Waals surface area contributed by atoms with Crippen LogP contribution in [-0.2, 0) is 6.54 Å². The van der Waals surface area contributed by atoms with Crippen LogP contribution in [-0.4, -0.2) is 11.9 Å². The molecule has 2 rings (SSSR count). The van der Waals surface area contributed by atoms with E-state index < -0.39 is 6.03 Å². The number of nitrogens with two attached hydrogens (primary N) is 1. The van der Waals surface area contributed by atoms with Crippen molar-refractivity contribution in [2.24, 2.45) is 5.73 Å². The molecule has 24 heavy (non-hydrogen) atoms. The van der Waals surface area contributed by atoms with Gasteiger partial charge in [0.15, 0.2) is 0 Å². The van der Waals surface area contributed by atoms with Gasteiger partial charge in [-0.1, -0.05) is 35.9 Å². The Labute approximate surface area is 142 Å². The van der Waals surface area contributed by atoms with Gasteiger partial charge in [-0.3, -0.25) is 4.79 Å². The summed E-state index contributed by atoms with van der Waals surface area (Å²) in [5, 5.41) is 5.54. The molecule has 0 heterocycles. The Kier molecular flexibility index (Phi) is 5.58. The summed E-state index contributed by atoms with van der Waals surface area (Å²) in [4.78, 5) is 23.1. The maximum Gasteiger partial charge on any atom is 0.312 e. The largest absolute Gasteiger partial charge is 0.352 e. The van der Waals surface area contributed by atoms with Gasteiger partial charge in [0, 0.05) is 12.1 Å². The van der Waals surface area contributed by atoms with Crippen LogP contribution < -0.4 is 16.4 Å². The van der Waals surface area contributed by atoms with Gasteiger partial charge in [-0.2, -0.15) is 0 Å². The van der Waals surface area contributed by atoms with Crippen LogP contribution in [0.1, 0.15) is 45.6 Å². The lowest BCUT2D eigenvalue weighted by Gasteiger charge is -2.17. The first kappa shape index (κ1) is 17.5. The average molecular weight is 325 g/mol. The Morgan fingerprint density at radius 2 is 1.75 bits per heavy atom. The smallest absolute Gasteiger partial charge is 0.312 e. The second kappa shape index (κ2) is 7.64. The average Bonchev–Trinajstić information content (AvgIpc) is 2.55. The molecule has 2 aromatic carbocycles. The Balaban J connectivity index is 2.03. The van der Waals surface area contributed by atoms with Gasteiger partial charge in [0.05, 0.1) is 6.04 Å². The first-order valence-electron chi connectivity index (χ1n) is 7.87. The molecular weight excluding hydrogens is 302 g/mol. The van der Waals surface area contributed by atoms with E-state index in [1.54, 1.807) is 24.3 Å². The summed E-state index contributed by atoms with van der Waals surface area (Å²) in [6.45, 7) is 6.40. The molecule has 0 spiro atoms. The lowest BCUT2D eigenvalue weighted by Crippen LogP contribution is -2.29.